The normalized spacial score (nSPS) is 19.1. The topological polar surface area (TPSA) is 67.8 Å². The predicted octanol–water partition coefficient (Wildman–Crippen LogP) is 3.16. The number of methoxy groups -OCH3 is 1. The number of halogens is 1. The summed E-state index contributed by atoms with van der Waals surface area (Å²) < 4.78 is 6.02. The summed E-state index contributed by atoms with van der Waals surface area (Å²) in [5.41, 5.74) is 3.70. The lowest BCUT2D eigenvalue weighted by atomic mass is 9.76. The number of hydrogen-bond donors (Lipinski definition) is 1. The lowest BCUT2D eigenvalue weighted by Gasteiger charge is -2.29. The number of hydrogen-bond acceptors (Lipinski definition) is 4. The zero-order chi connectivity index (χ0) is 16.3. The summed E-state index contributed by atoms with van der Waals surface area (Å²) in [6.07, 6.45) is 1.61. The Bertz CT molecular complexity index is 638. The van der Waals surface area contributed by atoms with E-state index >= 15 is 0 Å². The van der Waals surface area contributed by atoms with Crippen LogP contribution < -0.4 is 10.2 Å². The van der Waals surface area contributed by atoms with Crippen LogP contribution in [0.5, 0.6) is 5.75 Å². The number of ketones is 1. The molecule has 0 saturated heterocycles. The highest BCUT2D eigenvalue weighted by Gasteiger charge is 2.30. The summed E-state index contributed by atoms with van der Waals surface area (Å²) in [6.45, 7) is 4.07. The third-order valence-electron chi connectivity index (χ3n) is 3.49. The van der Waals surface area contributed by atoms with E-state index in [2.05, 4.69) is 33.1 Å². The van der Waals surface area contributed by atoms with E-state index in [1.54, 1.807) is 25.3 Å². The monoisotopic (exact) mass is 414 g/mol. The Hall–Kier alpha value is -1.44. The summed E-state index contributed by atoms with van der Waals surface area (Å²) in [5.74, 6) is 0.607. The average Bonchev–Trinajstić information content (AvgIpc) is 2.42. The number of Topliss-reactive ketones (excluding diaryl/α,β-unsaturated/α-hetero) is 1. The van der Waals surface area contributed by atoms with Gasteiger partial charge in [-0.1, -0.05) is 13.8 Å². The van der Waals surface area contributed by atoms with Gasteiger partial charge in [-0.15, -0.1) is 0 Å². The van der Waals surface area contributed by atoms with Crippen molar-refractivity contribution < 1.29 is 14.3 Å². The highest BCUT2D eigenvalue weighted by Crippen LogP contribution is 2.31. The second-order valence-electron chi connectivity index (χ2n) is 6.20. The minimum Gasteiger partial charge on any atom is -0.496 e. The van der Waals surface area contributed by atoms with Gasteiger partial charge in [0.05, 0.1) is 10.7 Å². The third kappa shape index (κ3) is 4.28. The first-order valence-electron chi connectivity index (χ1n) is 7.02. The third-order valence-corrected chi connectivity index (χ3v) is 4.33. The summed E-state index contributed by atoms with van der Waals surface area (Å²) in [4.78, 5) is 23.8. The number of nitrogens with one attached hydrogen (secondary N) is 1. The number of amides is 1. The second-order valence-corrected chi connectivity index (χ2v) is 7.36. The number of carbonyl (C=O) groups is 2. The highest BCUT2D eigenvalue weighted by atomic mass is 127. The van der Waals surface area contributed by atoms with Gasteiger partial charge in [0.2, 0.25) is 0 Å². The second kappa shape index (κ2) is 6.76. The van der Waals surface area contributed by atoms with Gasteiger partial charge in [-0.05, 0) is 52.6 Å². The SMILES string of the molecule is COc1ccc(C(=O)N/N=C2\CC(=O)CC(C)(C)C2)cc1I. The quantitative estimate of drug-likeness (QED) is 0.611. The van der Waals surface area contributed by atoms with Crippen molar-refractivity contribution in [2.75, 3.05) is 7.11 Å². The molecule has 0 unspecified atom stereocenters. The van der Waals surface area contributed by atoms with E-state index in [0.29, 0.717) is 18.4 Å². The van der Waals surface area contributed by atoms with Gasteiger partial charge < -0.3 is 4.74 Å². The van der Waals surface area contributed by atoms with Crippen molar-refractivity contribution >= 4 is 40.0 Å². The Balaban J connectivity index is 2.07. The van der Waals surface area contributed by atoms with E-state index in [1.807, 2.05) is 13.8 Å². The van der Waals surface area contributed by atoms with E-state index in [0.717, 1.165) is 21.5 Å². The molecular weight excluding hydrogens is 395 g/mol. The molecule has 0 heterocycles. The van der Waals surface area contributed by atoms with Crippen LogP contribution in [0, 0.1) is 8.99 Å². The van der Waals surface area contributed by atoms with Crippen LogP contribution in [0.2, 0.25) is 0 Å². The van der Waals surface area contributed by atoms with Crippen LogP contribution in [-0.4, -0.2) is 24.5 Å². The molecule has 1 aliphatic rings. The first kappa shape index (κ1) is 16.9. The van der Waals surface area contributed by atoms with Gasteiger partial charge in [0.25, 0.3) is 5.91 Å². The fraction of sp³-hybridized carbons (Fsp3) is 0.438. The molecule has 0 aromatic heterocycles. The average molecular weight is 414 g/mol. The molecule has 0 radical (unpaired) electrons. The van der Waals surface area contributed by atoms with Crippen LogP contribution in [0.4, 0.5) is 0 Å². The maximum Gasteiger partial charge on any atom is 0.271 e. The van der Waals surface area contributed by atoms with Gasteiger partial charge in [-0.3, -0.25) is 9.59 Å². The van der Waals surface area contributed by atoms with Gasteiger partial charge >= 0.3 is 0 Å². The number of carbonyl (C=O) groups excluding carboxylic acids is 2. The first-order chi connectivity index (χ1) is 10.3. The van der Waals surface area contributed by atoms with E-state index in [-0.39, 0.29) is 17.1 Å². The van der Waals surface area contributed by atoms with Crippen molar-refractivity contribution in [1.82, 2.24) is 5.43 Å². The van der Waals surface area contributed by atoms with Crippen LogP contribution in [0.3, 0.4) is 0 Å². The molecule has 1 fully saturated rings. The Morgan fingerprint density at radius 2 is 2.09 bits per heavy atom. The minimum atomic E-state index is -0.288. The number of benzene rings is 1. The van der Waals surface area contributed by atoms with E-state index in [1.165, 1.54) is 0 Å². The van der Waals surface area contributed by atoms with Crippen molar-refractivity contribution in [2.45, 2.75) is 33.1 Å². The molecule has 1 saturated carbocycles. The van der Waals surface area contributed by atoms with Crippen molar-refractivity contribution in [3.05, 3.63) is 27.3 Å². The number of nitrogens with zero attached hydrogens (tertiary/aromatic N) is 1. The molecule has 1 aliphatic carbocycles. The smallest absolute Gasteiger partial charge is 0.271 e. The Kier molecular flexibility index (Phi) is 5.20. The molecule has 0 spiro atoms. The molecule has 2 rings (SSSR count). The number of hydrazone groups is 1. The van der Waals surface area contributed by atoms with E-state index < -0.39 is 0 Å². The fourth-order valence-electron chi connectivity index (χ4n) is 2.58. The van der Waals surface area contributed by atoms with Crippen LogP contribution in [0.25, 0.3) is 0 Å². The summed E-state index contributed by atoms with van der Waals surface area (Å²) >= 11 is 2.11. The summed E-state index contributed by atoms with van der Waals surface area (Å²) in [6, 6.07) is 5.18. The molecule has 118 valence electrons. The lowest BCUT2D eigenvalue weighted by molar-refractivity contribution is -0.120. The molecule has 22 heavy (non-hydrogen) atoms. The zero-order valence-corrected chi connectivity index (χ0v) is 15.1. The van der Waals surface area contributed by atoms with Gasteiger partial charge in [-0.25, -0.2) is 5.43 Å². The molecular formula is C16H19IN2O3. The van der Waals surface area contributed by atoms with E-state index in [9.17, 15) is 9.59 Å². The molecule has 0 aliphatic heterocycles. The van der Waals surface area contributed by atoms with Crippen molar-refractivity contribution in [3.8, 4) is 5.75 Å². The lowest BCUT2D eigenvalue weighted by Crippen LogP contribution is -2.31. The summed E-state index contributed by atoms with van der Waals surface area (Å²) in [7, 11) is 1.59. The molecule has 0 atom stereocenters. The summed E-state index contributed by atoms with van der Waals surface area (Å²) in [5, 5.41) is 4.14. The molecule has 1 aromatic carbocycles. The number of rotatable bonds is 3. The van der Waals surface area contributed by atoms with Crippen molar-refractivity contribution in [1.29, 1.82) is 0 Å². The maximum atomic E-state index is 12.1. The molecule has 6 heteroatoms. The highest BCUT2D eigenvalue weighted by molar-refractivity contribution is 14.1. The van der Waals surface area contributed by atoms with Gasteiger partial charge in [-0.2, -0.15) is 5.10 Å². The standard InChI is InChI=1S/C16H19IN2O3/c1-16(2)8-11(7-12(20)9-16)18-19-15(21)10-4-5-14(22-3)13(17)6-10/h4-6H,7-9H2,1-3H3,(H,19,21)/b18-11+. The fourth-order valence-corrected chi connectivity index (χ4v) is 3.32. The van der Waals surface area contributed by atoms with Crippen LogP contribution in [-0.2, 0) is 4.79 Å². The Labute approximate surface area is 143 Å². The largest absolute Gasteiger partial charge is 0.496 e. The molecule has 1 N–H and O–H groups in total. The van der Waals surface area contributed by atoms with Crippen LogP contribution in [0.15, 0.2) is 23.3 Å². The molecule has 1 aromatic rings. The van der Waals surface area contributed by atoms with Crippen molar-refractivity contribution in [3.63, 3.8) is 0 Å². The zero-order valence-electron chi connectivity index (χ0n) is 12.9. The van der Waals surface area contributed by atoms with Gasteiger partial charge in [0.1, 0.15) is 11.5 Å². The molecule has 1 amide bonds. The molecule has 5 nitrogen and oxygen atoms in total. The Morgan fingerprint density at radius 3 is 2.68 bits per heavy atom. The first-order valence-corrected chi connectivity index (χ1v) is 8.09. The molecule has 0 bridgehead atoms. The minimum absolute atomic E-state index is 0.0889. The van der Waals surface area contributed by atoms with Crippen molar-refractivity contribution in [2.24, 2.45) is 10.5 Å². The van der Waals surface area contributed by atoms with Gasteiger partial charge in [0, 0.05) is 24.1 Å². The predicted molar refractivity (Wildman–Crippen MR) is 93.3 cm³/mol. The Morgan fingerprint density at radius 1 is 1.36 bits per heavy atom. The van der Waals surface area contributed by atoms with Crippen LogP contribution >= 0.6 is 22.6 Å². The van der Waals surface area contributed by atoms with Gasteiger partial charge in [0.15, 0.2) is 0 Å². The van der Waals surface area contributed by atoms with Crippen LogP contribution in [0.1, 0.15) is 43.5 Å². The number of ether oxygens (including phenoxy) is 1. The van der Waals surface area contributed by atoms with E-state index in [4.69, 9.17) is 4.74 Å². The maximum absolute atomic E-state index is 12.1.